The second-order valence-electron chi connectivity index (χ2n) is 10.0. The van der Waals surface area contributed by atoms with Gasteiger partial charge in [-0.2, -0.15) is 0 Å². The van der Waals surface area contributed by atoms with Gasteiger partial charge in [-0.1, -0.05) is 89.3 Å². The Bertz CT molecular complexity index is 1170. The van der Waals surface area contributed by atoms with E-state index in [1.807, 2.05) is 42.5 Å². The molecule has 0 fully saturated rings. The van der Waals surface area contributed by atoms with Gasteiger partial charge in [-0.3, -0.25) is 4.79 Å². The van der Waals surface area contributed by atoms with Crippen LogP contribution in [-0.4, -0.2) is 23.7 Å². The number of carbonyl (C=O) groups is 2. The molecule has 38 heavy (non-hydrogen) atoms. The molecule has 0 saturated carbocycles. The quantitative estimate of drug-likeness (QED) is 0.178. The molecule has 0 aliphatic heterocycles. The first-order valence-corrected chi connectivity index (χ1v) is 14.5. The van der Waals surface area contributed by atoms with Crippen LogP contribution in [0.2, 0.25) is 0 Å². The maximum absolute atomic E-state index is 13.0. The van der Waals surface area contributed by atoms with Gasteiger partial charge in [0.15, 0.2) is 5.60 Å². The SMILES string of the molecule is CCCCCCCC(=O)OC1(c2ccccc2-c2ccc(OCC(C)CC)c(Br)c2)C=CC(C(=O)O)=CC1. The number of carbonyl (C=O) groups excluding carboxylic acids is 1. The zero-order valence-corrected chi connectivity index (χ0v) is 24.3. The number of rotatable bonds is 14. The summed E-state index contributed by atoms with van der Waals surface area (Å²) in [5.41, 5.74) is 1.78. The number of halogens is 1. The Labute approximate surface area is 235 Å². The molecule has 0 bridgehead atoms. The molecule has 0 radical (unpaired) electrons. The van der Waals surface area contributed by atoms with E-state index >= 15 is 0 Å². The van der Waals surface area contributed by atoms with Gasteiger partial charge in [0.25, 0.3) is 0 Å². The standard InChI is InChI=1S/C32H39BrO5/c1-4-6-7-8-9-14-30(34)38-32(19-17-24(18-20-32)31(35)36)27-13-11-10-12-26(27)25-15-16-29(28(33)21-25)37-22-23(3)5-2/h10-13,15-19,21,23H,4-9,14,20,22H2,1-3H3,(H,35,36). The first-order valence-electron chi connectivity index (χ1n) is 13.7. The summed E-state index contributed by atoms with van der Waals surface area (Å²) in [6, 6.07) is 13.8. The highest BCUT2D eigenvalue weighted by molar-refractivity contribution is 9.10. The molecule has 1 aliphatic rings. The van der Waals surface area contributed by atoms with Crippen LogP contribution >= 0.6 is 15.9 Å². The molecule has 0 amide bonds. The summed E-state index contributed by atoms with van der Waals surface area (Å²) in [5, 5.41) is 9.49. The van der Waals surface area contributed by atoms with Crippen molar-refractivity contribution in [3.8, 4) is 16.9 Å². The normalized spacial score (nSPS) is 17.5. The van der Waals surface area contributed by atoms with Crippen LogP contribution in [0.5, 0.6) is 5.75 Å². The molecule has 0 heterocycles. The molecular formula is C32H39BrO5. The first-order chi connectivity index (χ1) is 18.3. The zero-order valence-electron chi connectivity index (χ0n) is 22.7. The molecule has 3 rings (SSSR count). The highest BCUT2D eigenvalue weighted by Gasteiger charge is 2.37. The van der Waals surface area contributed by atoms with E-state index in [0.29, 0.717) is 18.9 Å². The number of hydrogen-bond donors (Lipinski definition) is 1. The van der Waals surface area contributed by atoms with E-state index in [1.165, 1.54) is 0 Å². The van der Waals surface area contributed by atoms with E-state index < -0.39 is 11.6 Å². The molecule has 2 atom stereocenters. The van der Waals surface area contributed by atoms with Crippen molar-refractivity contribution < 1.29 is 24.2 Å². The van der Waals surface area contributed by atoms with E-state index in [1.54, 1.807) is 18.2 Å². The van der Waals surface area contributed by atoms with Crippen LogP contribution in [0.3, 0.4) is 0 Å². The number of benzene rings is 2. The Morgan fingerprint density at radius 3 is 2.50 bits per heavy atom. The monoisotopic (exact) mass is 582 g/mol. The van der Waals surface area contributed by atoms with Crippen LogP contribution in [0.25, 0.3) is 11.1 Å². The fourth-order valence-electron chi connectivity index (χ4n) is 4.48. The smallest absolute Gasteiger partial charge is 0.335 e. The molecule has 0 saturated heterocycles. The second-order valence-corrected chi connectivity index (χ2v) is 10.9. The fraction of sp³-hybridized carbons (Fsp3) is 0.438. The lowest BCUT2D eigenvalue weighted by atomic mass is 9.81. The van der Waals surface area contributed by atoms with Gasteiger partial charge in [-0.05, 0) is 63.7 Å². The van der Waals surface area contributed by atoms with Crippen molar-refractivity contribution in [1.29, 1.82) is 0 Å². The zero-order chi connectivity index (χ0) is 27.5. The van der Waals surface area contributed by atoms with E-state index in [4.69, 9.17) is 9.47 Å². The van der Waals surface area contributed by atoms with Gasteiger partial charge in [0.05, 0.1) is 16.7 Å². The lowest BCUT2D eigenvalue weighted by Crippen LogP contribution is -2.32. The van der Waals surface area contributed by atoms with Crippen LogP contribution in [0.15, 0.2) is 70.7 Å². The number of hydrogen-bond acceptors (Lipinski definition) is 4. The highest BCUT2D eigenvalue weighted by Crippen LogP contribution is 2.42. The highest BCUT2D eigenvalue weighted by atomic mass is 79.9. The van der Waals surface area contributed by atoms with Gasteiger partial charge >= 0.3 is 11.9 Å². The third-order valence-electron chi connectivity index (χ3n) is 7.03. The largest absolute Gasteiger partial charge is 0.492 e. The molecule has 2 aromatic carbocycles. The van der Waals surface area contributed by atoms with Crippen molar-refractivity contribution in [2.75, 3.05) is 6.61 Å². The number of ether oxygens (including phenoxy) is 2. The molecule has 2 aromatic rings. The number of esters is 1. The minimum Gasteiger partial charge on any atom is -0.492 e. The Morgan fingerprint density at radius 1 is 1.08 bits per heavy atom. The third-order valence-corrected chi connectivity index (χ3v) is 7.65. The lowest BCUT2D eigenvalue weighted by molar-refractivity contribution is -0.156. The summed E-state index contributed by atoms with van der Waals surface area (Å²) in [4.78, 5) is 24.6. The Kier molecular flexibility index (Phi) is 11.2. The molecule has 6 heteroatoms. The molecule has 1 aliphatic carbocycles. The van der Waals surface area contributed by atoms with Crippen molar-refractivity contribution in [3.05, 3.63) is 76.3 Å². The molecule has 0 aromatic heterocycles. The van der Waals surface area contributed by atoms with Crippen molar-refractivity contribution in [3.63, 3.8) is 0 Å². The van der Waals surface area contributed by atoms with Crippen molar-refractivity contribution in [1.82, 2.24) is 0 Å². The minimum atomic E-state index is -1.09. The first kappa shape index (κ1) is 29.7. The average molecular weight is 584 g/mol. The predicted octanol–water partition coefficient (Wildman–Crippen LogP) is 8.61. The second kappa shape index (κ2) is 14.3. The average Bonchev–Trinajstić information content (AvgIpc) is 2.92. The summed E-state index contributed by atoms with van der Waals surface area (Å²) in [7, 11) is 0. The van der Waals surface area contributed by atoms with Gasteiger partial charge in [0.2, 0.25) is 0 Å². The van der Waals surface area contributed by atoms with Gasteiger partial charge < -0.3 is 14.6 Å². The van der Waals surface area contributed by atoms with Crippen LogP contribution in [0.4, 0.5) is 0 Å². The Morgan fingerprint density at radius 2 is 1.84 bits per heavy atom. The van der Waals surface area contributed by atoms with Gasteiger partial charge in [0.1, 0.15) is 5.75 Å². The van der Waals surface area contributed by atoms with Crippen LogP contribution in [0, 0.1) is 5.92 Å². The van der Waals surface area contributed by atoms with Crippen LogP contribution in [-0.2, 0) is 19.9 Å². The van der Waals surface area contributed by atoms with Crippen molar-refractivity contribution in [2.24, 2.45) is 5.92 Å². The Hall–Kier alpha value is -2.86. The lowest BCUT2D eigenvalue weighted by Gasteiger charge is -2.34. The minimum absolute atomic E-state index is 0.194. The van der Waals surface area contributed by atoms with Crippen LogP contribution in [0.1, 0.15) is 77.7 Å². The molecule has 0 spiro atoms. The summed E-state index contributed by atoms with van der Waals surface area (Å²) >= 11 is 3.66. The summed E-state index contributed by atoms with van der Waals surface area (Å²) in [6.45, 7) is 7.11. The van der Waals surface area contributed by atoms with E-state index in [-0.39, 0.29) is 18.0 Å². The predicted molar refractivity (Wildman–Crippen MR) is 155 cm³/mol. The maximum atomic E-state index is 13.0. The van der Waals surface area contributed by atoms with E-state index in [2.05, 4.69) is 36.7 Å². The molecule has 2 unspecified atom stereocenters. The summed E-state index contributed by atoms with van der Waals surface area (Å²) < 4.78 is 13.0. The third kappa shape index (κ3) is 7.83. The maximum Gasteiger partial charge on any atom is 0.335 e. The number of carboxylic acid groups (broad SMARTS) is 1. The summed E-state index contributed by atoms with van der Waals surface area (Å²) in [5.74, 6) is -0.0296. The van der Waals surface area contributed by atoms with Gasteiger partial charge in [0, 0.05) is 18.4 Å². The Balaban J connectivity index is 1.92. The molecule has 204 valence electrons. The van der Waals surface area contributed by atoms with Gasteiger partial charge in [-0.15, -0.1) is 0 Å². The topological polar surface area (TPSA) is 72.8 Å². The number of carboxylic acids is 1. The summed E-state index contributed by atoms with van der Waals surface area (Å²) in [6.07, 6.45) is 11.7. The van der Waals surface area contributed by atoms with Crippen LogP contribution < -0.4 is 4.74 Å². The molecule has 5 nitrogen and oxygen atoms in total. The fourth-order valence-corrected chi connectivity index (χ4v) is 4.97. The van der Waals surface area contributed by atoms with Crippen molar-refractivity contribution in [2.45, 2.75) is 77.7 Å². The van der Waals surface area contributed by atoms with E-state index in [9.17, 15) is 14.7 Å². The van der Waals surface area contributed by atoms with Gasteiger partial charge in [-0.25, -0.2) is 4.79 Å². The number of unbranched alkanes of at least 4 members (excludes halogenated alkanes) is 4. The molecular weight excluding hydrogens is 544 g/mol. The van der Waals surface area contributed by atoms with Crippen molar-refractivity contribution >= 4 is 27.9 Å². The number of aliphatic carboxylic acids is 1. The van der Waals surface area contributed by atoms with E-state index in [0.717, 1.165) is 65.4 Å². The molecule has 1 N–H and O–H groups in total.